The summed E-state index contributed by atoms with van der Waals surface area (Å²) < 4.78 is 5.31. The van der Waals surface area contributed by atoms with Gasteiger partial charge in [0.2, 0.25) is 0 Å². The van der Waals surface area contributed by atoms with Crippen LogP contribution < -0.4 is 0 Å². The lowest BCUT2D eigenvalue weighted by molar-refractivity contribution is 0.0619. The minimum absolute atomic E-state index is 0.0375. The van der Waals surface area contributed by atoms with Gasteiger partial charge in [-0.25, -0.2) is 0 Å². The van der Waals surface area contributed by atoms with E-state index in [-0.39, 0.29) is 12.5 Å². The molecule has 1 aromatic heterocycles. The van der Waals surface area contributed by atoms with Gasteiger partial charge in [-0.05, 0) is 37.8 Å². The summed E-state index contributed by atoms with van der Waals surface area (Å²) in [5, 5.41) is 9.01. The molecule has 0 saturated carbocycles. The lowest BCUT2D eigenvalue weighted by Gasteiger charge is -2.30. The molecule has 88 valence electrons. The molecule has 1 aliphatic rings. The minimum Gasteiger partial charge on any atom is -0.456 e. The van der Waals surface area contributed by atoms with Gasteiger partial charge in [-0.2, -0.15) is 0 Å². The Balaban J connectivity index is 1.96. The molecular formula is C12H17NO3. The number of furan rings is 1. The molecule has 16 heavy (non-hydrogen) atoms. The number of carbonyl (C=O) groups is 1. The molecule has 0 aromatic carbocycles. The molecule has 1 saturated heterocycles. The first kappa shape index (κ1) is 11.2. The number of nitrogens with zero attached hydrogens (tertiary/aromatic N) is 1. The van der Waals surface area contributed by atoms with E-state index in [0.29, 0.717) is 24.8 Å². The van der Waals surface area contributed by atoms with Crippen LogP contribution in [0.25, 0.3) is 0 Å². The second kappa shape index (κ2) is 4.70. The van der Waals surface area contributed by atoms with Crippen LogP contribution in [0.1, 0.15) is 29.2 Å². The van der Waals surface area contributed by atoms with Crippen LogP contribution in [0.5, 0.6) is 0 Å². The second-order valence-electron chi connectivity index (χ2n) is 4.33. The van der Waals surface area contributed by atoms with E-state index in [2.05, 4.69) is 0 Å². The topological polar surface area (TPSA) is 53.7 Å². The Morgan fingerprint density at radius 2 is 2.19 bits per heavy atom. The molecule has 0 atom stereocenters. The van der Waals surface area contributed by atoms with Gasteiger partial charge in [0.05, 0.1) is 0 Å². The van der Waals surface area contributed by atoms with Gasteiger partial charge in [0.1, 0.15) is 5.76 Å². The predicted molar refractivity (Wildman–Crippen MR) is 59.2 cm³/mol. The Morgan fingerprint density at radius 1 is 1.50 bits per heavy atom. The molecule has 0 bridgehead atoms. The highest BCUT2D eigenvalue weighted by molar-refractivity contribution is 5.91. The van der Waals surface area contributed by atoms with Crippen molar-refractivity contribution in [1.82, 2.24) is 4.90 Å². The van der Waals surface area contributed by atoms with Crippen molar-refractivity contribution in [1.29, 1.82) is 0 Å². The fourth-order valence-electron chi connectivity index (χ4n) is 2.02. The monoisotopic (exact) mass is 223 g/mol. The molecule has 1 N–H and O–H groups in total. The molecule has 0 radical (unpaired) electrons. The molecule has 1 aromatic rings. The van der Waals surface area contributed by atoms with Gasteiger partial charge in [-0.3, -0.25) is 4.79 Å². The van der Waals surface area contributed by atoms with Crippen molar-refractivity contribution in [2.75, 3.05) is 19.7 Å². The normalized spacial score (nSPS) is 17.8. The first-order valence-corrected chi connectivity index (χ1v) is 5.67. The predicted octanol–water partition coefficient (Wildman–Crippen LogP) is 1.43. The fraction of sp³-hybridized carbons (Fsp3) is 0.583. The van der Waals surface area contributed by atoms with Crippen LogP contribution in [-0.4, -0.2) is 35.6 Å². The number of hydrogen-bond donors (Lipinski definition) is 1. The average molecular weight is 223 g/mol. The van der Waals surface area contributed by atoms with Gasteiger partial charge in [-0.1, -0.05) is 0 Å². The molecule has 0 unspecified atom stereocenters. The van der Waals surface area contributed by atoms with Crippen molar-refractivity contribution in [2.24, 2.45) is 5.92 Å². The van der Waals surface area contributed by atoms with E-state index < -0.39 is 0 Å². The summed E-state index contributed by atoms with van der Waals surface area (Å²) in [5.74, 6) is 1.49. The summed E-state index contributed by atoms with van der Waals surface area (Å²) in [6.07, 6.45) is 1.75. The van der Waals surface area contributed by atoms with Crippen molar-refractivity contribution >= 4 is 5.91 Å². The molecular weight excluding hydrogens is 206 g/mol. The van der Waals surface area contributed by atoms with Gasteiger partial charge in [0.15, 0.2) is 5.76 Å². The highest BCUT2D eigenvalue weighted by atomic mass is 16.3. The maximum Gasteiger partial charge on any atom is 0.289 e. The number of piperidine rings is 1. The number of hydrogen-bond acceptors (Lipinski definition) is 3. The van der Waals surface area contributed by atoms with Crippen LogP contribution in [0.2, 0.25) is 0 Å². The highest BCUT2D eigenvalue weighted by Gasteiger charge is 2.24. The number of aliphatic hydroxyl groups excluding tert-OH is 1. The first-order valence-electron chi connectivity index (χ1n) is 5.67. The zero-order valence-corrected chi connectivity index (χ0v) is 9.48. The Labute approximate surface area is 94.9 Å². The second-order valence-corrected chi connectivity index (χ2v) is 4.33. The van der Waals surface area contributed by atoms with E-state index in [9.17, 15) is 4.79 Å². The Morgan fingerprint density at radius 3 is 2.69 bits per heavy atom. The molecule has 0 aliphatic carbocycles. The molecule has 2 heterocycles. The SMILES string of the molecule is Cc1ccc(C(=O)N2CCC(CO)CC2)o1. The van der Waals surface area contributed by atoms with Crippen molar-refractivity contribution in [3.05, 3.63) is 23.7 Å². The lowest BCUT2D eigenvalue weighted by atomic mass is 9.98. The molecule has 4 nitrogen and oxygen atoms in total. The minimum atomic E-state index is -0.0375. The molecule has 1 amide bonds. The highest BCUT2D eigenvalue weighted by Crippen LogP contribution is 2.19. The van der Waals surface area contributed by atoms with Gasteiger partial charge >= 0.3 is 0 Å². The first-order chi connectivity index (χ1) is 7.70. The third kappa shape index (κ3) is 2.27. The molecule has 0 spiro atoms. The zero-order valence-electron chi connectivity index (χ0n) is 9.48. The number of carbonyl (C=O) groups excluding carboxylic acids is 1. The number of amides is 1. The Bertz CT molecular complexity index is 364. The van der Waals surface area contributed by atoms with Gasteiger partial charge < -0.3 is 14.4 Å². The van der Waals surface area contributed by atoms with E-state index in [1.807, 2.05) is 6.92 Å². The number of rotatable bonds is 2. The molecule has 2 rings (SSSR count). The van der Waals surface area contributed by atoms with Crippen LogP contribution in [-0.2, 0) is 0 Å². The van der Waals surface area contributed by atoms with Crippen molar-refractivity contribution in [3.63, 3.8) is 0 Å². The quantitative estimate of drug-likeness (QED) is 0.825. The maximum absolute atomic E-state index is 12.0. The van der Waals surface area contributed by atoms with Crippen molar-refractivity contribution < 1.29 is 14.3 Å². The third-order valence-electron chi connectivity index (χ3n) is 3.11. The number of aliphatic hydroxyl groups is 1. The summed E-state index contributed by atoms with van der Waals surface area (Å²) in [7, 11) is 0. The van der Waals surface area contributed by atoms with Gasteiger partial charge in [-0.15, -0.1) is 0 Å². The molecule has 4 heteroatoms. The fourth-order valence-corrected chi connectivity index (χ4v) is 2.02. The number of aryl methyl sites for hydroxylation is 1. The third-order valence-corrected chi connectivity index (χ3v) is 3.11. The van der Waals surface area contributed by atoms with E-state index in [4.69, 9.17) is 9.52 Å². The van der Waals surface area contributed by atoms with Crippen molar-refractivity contribution in [2.45, 2.75) is 19.8 Å². The summed E-state index contributed by atoms with van der Waals surface area (Å²) in [6, 6.07) is 3.52. The van der Waals surface area contributed by atoms with Crippen LogP contribution >= 0.6 is 0 Å². The van der Waals surface area contributed by atoms with Crippen LogP contribution in [0.15, 0.2) is 16.5 Å². The van der Waals surface area contributed by atoms with Crippen LogP contribution in [0.3, 0.4) is 0 Å². The maximum atomic E-state index is 12.0. The summed E-state index contributed by atoms with van der Waals surface area (Å²) in [6.45, 7) is 3.48. The standard InChI is InChI=1S/C12H17NO3/c1-9-2-3-11(16-9)12(15)13-6-4-10(8-14)5-7-13/h2-3,10,14H,4-8H2,1H3. The number of likely N-dealkylation sites (tertiary alicyclic amines) is 1. The van der Waals surface area contributed by atoms with E-state index >= 15 is 0 Å². The van der Waals surface area contributed by atoms with E-state index in [0.717, 1.165) is 18.6 Å². The van der Waals surface area contributed by atoms with E-state index in [1.54, 1.807) is 17.0 Å². The summed E-state index contributed by atoms with van der Waals surface area (Å²) in [4.78, 5) is 13.8. The molecule has 1 aliphatic heterocycles. The molecule has 1 fully saturated rings. The van der Waals surface area contributed by atoms with Crippen molar-refractivity contribution in [3.8, 4) is 0 Å². The Kier molecular flexibility index (Phi) is 3.29. The lowest BCUT2D eigenvalue weighted by Crippen LogP contribution is -2.39. The summed E-state index contributed by atoms with van der Waals surface area (Å²) in [5.41, 5.74) is 0. The Hall–Kier alpha value is -1.29. The zero-order chi connectivity index (χ0) is 11.5. The van der Waals surface area contributed by atoms with Crippen LogP contribution in [0, 0.1) is 12.8 Å². The summed E-state index contributed by atoms with van der Waals surface area (Å²) >= 11 is 0. The smallest absolute Gasteiger partial charge is 0.289 e. The van der Waals surface area contributed by atoms with Gasteiger partial charge in [0, 0.05) is 19.7 Å². The van der Waals surface area contributed by atoms with E-state index in [1.165, 1.54) is 0 Å². The van der Waals surface area contributed by atoms with Gasteiger partial charge in [0.25, 0.3) is 5.91 Å². The largest absolute Gasteiger partial charge is 0.456 e. The van der Waals surface area contributed by atoms with Crippen LogP contribution in [0.4, 0.5) is 0 Å². The average Bonchev–Trinajstić information content (AvgIpc) is 2.75.